The molecule has 0 amide bonds. The number of aromatic nitrogens is 2. The minimum Gasteiger partial charge on any atom is -0.355 e. The lowest BCUT2D eigenvalue weighted by Gasteiger charge is -2.16. The number of hydrogen-bond donors (Lipinski definition) is 1. The quantitative estimate of drug-likeness (QED) is 0.725. The van der Waals surface area contributed by atoms with Crippen LogP contribution in [0.25, 0.3) is 0 Å². The van der Waals surface area contributed by atoms with E-state index in [1.165, 1.54) is 19.4 Å². The van der Waals surface area contributed by atoms with Gasteiger partial charge in [0.1, 0.15) is 14.7 Å². The van der Waals surface area contributed by atoms with Gasteiger partial charge in [-0.2, -0.15) is 4.31 Å². The molecule has 0 bridgehead atoms. The summed E-state index contributed by atoms with van der Waals surface area (Å²) in [5, 5.41) is 2.85. The summed E-state index contributed by atoms with van der Waals surface area (Å²) in [5.74, 6) is 0.101. The van der Waals surface area contributed by atoms with Gasteiger partial charge < -0.3 is 5.32 Å². The number of anilines is 1. The fourth-order valence-electron chi connectivity index (χ4n) is 1.29. The molecule has 1 heterocycles. The molecular weight excluding hydrogens is 304 g/mol. The van der Waals surface area contributed by atoms with E-state index >= 15 is 0 Å². The van der Waals surface area contributed by atoms with Crippen molar-refractivity contribution < 1.29 is 16.8 Å². The largest absolute Gasteiger partial charge is 0.355 e. The van der Waals surface area contributed by atoms with Crippen LogP contribution >= 0.6 is 0 Å². The van der Waals surface area contributed by atoms with E-state index in [-0.39, 0.29) is 17.2 Å². The highest BCUT2D eigenvalue weighted by atomic mass is 32.2. The number of nitrogens with one attached hydrogen (secondary N) is 1. The molecule has 0 saturated carbocycles. The van der Waals surface area contributed by atoms with Gasteiger partial charge in [0.05, 0.1) is 18.1 Å². The second-order valence-corrected chi connectivity index (χ2v) is 8.53. The average Bonchev–Trinajstić information content (AvgIpc) is 2.36. The van der Waals surface area contributed by atoms with Gasteiger partial charge in [-0.25, -0.2) is 26.8 Å². The normalized spacial score (nSPS) is 12.6. The van der Waals surface area contributed by atoms with Crippen molar-refractivity contribution in [1.82, 2.24) is 14.3 Å². The van der Waals surface area contributed by atoms with Crippen LogP contribution in [0.2, 0.25) is 0 Å². The highest BCUT2D eigenvalue weighted by Crippen LogP contribution is 2.13. The molecule has 10 heteroatoms. The first kappa shape index (κ1) is 16.8. The molecule has 0 aliphatic heterocycles. The second kappa shape index (κ2) is 6.46. The van der Waals surface area contributed by atoms with Gasteiger partial charge in [-0.3, -0.25) is 0 Å². The third-order valence-corrected chi connectivity index (χ3v) is 5.18. The van der Waals surface area contributed by atoms with Crippen LogP contribution in [0.5, 0.6) is 0 Å². The zero-order valence-corrected chi connectivity index (χ0v) is 13.2. The topological polar surface area (TPSA) is 109 Å². The Hall–Kier alpha value is -1.26. The molecule has 8 nitrogen and oxygen atoms in total. The maximum absolute atomic E-state index is 12.1. The van der Waals surface area contributed by atoms with E-state index in [0.717, 1.165) is 10.6 Å². The van der Waals surface area contributed by atoms with Crippen LogP contribution in [0.15, 0.2) is 17.3 Å². The number of nitrogens with zero attached hydrogens (tertiary/aromatic N) is 3. The summed E-state index contributed by atoms with van der Waals surface area (Å²) in [6, 6.07) is 0. The first-order chi connectivity index (χ1) is 9.16. The van der Waals surface area contributed by atoms with Gasteiger partial charge in [0.25, 0.3) is 0 Å². The Morgan fingerprint density at radius 2 is 1.75 bits per heavy atom. The fourth-order valence-corrected chi connectivity index (χ4v) is 3.08. The Morgan fingerprint density at radius 1 is 1.20 bits per heavy atom. The Labute approximate surface area is 119 Å². The van der Waals surface area contributed by atoms with Gasteiger partial charge in [0, 0.05) is 26.4 Å². The zero-order valence-electron chi connectivity index (χ0n) is 11.6. The lowest BCUT2D eigenvalue weighted by Crippen LogP contribution is -2.31. The van der Waals surface area contributed by atoms with Gasteiger partial charge in [-0.15, -0.1) is 0 Å². The molecule has 114 valence electrons. The summed E-state index contributed by atoms with van der Waals surface area (Å²) in [7, 11) is -5.68. The van der Waals surface area contributed by atoms with Crippen molar-refractivity contribution in [1.29, 1.82) is 0 Å². The molecule has 0 aromatic carbocycles. The first-order valence-corrected chi connectivity index (χ1v) is 9.37. The Morgan fingerprint density at radius 3 is 2.20 bits per heavy atom. The number of rotatable bonds is 7. The highest BCUT2D eigenvalue weighted by molar-refractivity contribution is 7.91. The van der Waals surface area contributed by atoms with Crippen molar-refractivity contribution in [3.8, 4) is 0 Å². The summed E-state index contributed by atoms with van der Waals surface area (Å²) >= 11 is 0. The van der Waals surface area contributed by atoms with Crippen LogP contribution in [-0.2, 0) is 19.9 Å². The molecule has 0 aliphatic rings. The summed E-state index contributed by atoms with van der Waals surface area (Å²) in [5.41, 5.74) is 0. The predicted octanol–water partition coefficient (Wildman–Crippen LogP) is -0.426. The molecular formula is C10H18N4O4S2. The third kappa shape index (κ3) is 4.69. The van der Waals surface area contributed by atoms with Gasteiger partial charge in [0.2, 0.25) is 16.0 Å². The second-order valence-electron chi connectivity index (χ2n) is 4.23. The standard InChI is InChI=1S/C10H18N4O4S2/c1-4-11-10-12-7-9(8-13-10)20(17,18)14(2)5-6-19(3,15)16/h7-8H,4-6H2,1-3H3,(H,11,12,13). The minimum atomic E-state index is -3.78. The molecule has 0 saturated heterocycles. The molecule has 0 fully saturated rings. The monoisotopic (exact) mass is 322 g/mol. The Bertz CT molecular complexity index is 640. The molecule has 1 N–H and O–H groups in total. The molecule has 1 aromatic heterocycles. The van der Waals surface area contributed by atoms with E-state index in [4.69, 9.17) is 0 Å². The van der Waals surface area contributed by atoms with Crippen molar-refractivity contribution >= 4 is 25.8 Å². The van der Waals surface area contributed by atoms with Crippen molar-refractivity contribution in [2.24, 2.45) is 0 Å². The summed E-state index contributed by atoms with van der Waals surface area (Å²) in [4.78, 5) is 7.69. The summed E-state index contributed by atoms with van der Waals surface area (Å²) in [6.07, 6.45) is 3.44. The van der Waals surface area contributed by atoms with Crippen molar-refractivity contribution in [3.05, 3.63) is 12.4 Å². The summed E-state index contributed by atoms with van der Waals surface area (Å²) in [6.45, 7) is 2.38. The van der Waals surface area contributed by atoms with Crippen LogP contribution < -0.4 is 5.32 Å². The summed E-state index contributed by atoms with van der Waals surface area (Å²) < 4.78 is 47.4. The van der Waals surface area contributed by atoms with E-state index in [1.54, 1.807) is 0 Å². The highest BCUT2D eigenvalue weighted by Gasteiger charge is 2.22. The van der Waals surface area contributed by atoms with Crippen LogP contribution in [0, 0.1) is 0 Å². The smallest absolute Gasteiger partial charge is 0.245 e. The van der Waals surface area contributed by atoms with E-state index < -0.39 is 19.9 Å². The van der Waals surface area contributed by atoms with E-state index in [2.05, 4.69) is 15.3 Å². The van der Waals surface area contributed by atoms with Crippen LogP contribution in [-0.4, -0.2) is 63.3 Å². The number of hydrogen-bond acceptors (Lipinski definition) is 7. The maximum atomic E-state index is 12.1. The maximum Gasteiger partial charge on any atom is 0.245 e. The van der Waals surface area contributed by atoms with Gasteiger partial charge in [-0.05, 0) is 6.92 Å². The van der Waals surface area contributed by atoms with Crippen LogP contribution in [0.3, 0.4) is 0 Å². The fraction of sp³-hybridized carbons (Fsp3) is 0.600. The molecule has 1 aromatic rings. The van der Waals surface area contributed by atoms with Crippen LogP contribution in [0.4, 0.5) is 5.95 Å². The van der Waals surface area contributed by atoms with Gasteiger partial charge in [0.15, 0.2) is 0 Å². The Kier molecular flexibility index (Phi) is 5.42. The van der Waals surface area contributed by atoms with E-state index in [9.17, 15) is 16.8 Å². The lowest BCUT2D eigenvalue weighted by molar-refractivity contribution is 0.484. The molecule has 0 radical (unpaired) electrons. The third-order valence-electron chi connectivity index (χ3n) is 2.45. The van der Waals surface area contributed by atoms with E-state index in [1.807, 2.05) is 6.92 Å². The average molecular weight is 322 g/mol. The van der Waals surface area contributed by atoms with Gasteiger partial charge >= 0.3 is 0 Å². The Balaban J connectivity index is 2.87. The van der Waals surface area contributed by atoms with Crippen LogP contribution in [0.1, 0.15) is 6.92 Å². The predicted molar refractivity (Wildman–Crippen MR) is 75.7 cm³/mol. The number of sulfone groups is 1. The molecule has 0 atom stereocenters. The molecule has 0 spiro atoms. The van der Waals surface area contributed by atoms with E-state index in [0.29, 0.717) is 12.5 Å². The van der Waals surface area contributed by atoms with Crippen molar-refractivity contribution in [3.63, 3.8) is 0 Å². The minimum absolute atomic E-state index is 0.0739. The molecule has 20 heavy (non-hydrogen) atoms. The molecule has 1 rings (SSSR count). The number of sulfonamides is 1. The SMILES string of the molecule is CCNc1ncc(S(=O)(=O)N(C)CCS(C)(=O)=O)cn1. The zero-order chi connectivity index (χ0) is 15.4. The molecule has 0 unspecified atom stereocenters. The first-order valence-electron chi connectivity index (χ1n) is 5.87. The molecule has 0 aliphatic carbocycles. The lowest BCUT2D eigenvalue weighted by atomic mass is 10.6. The van der Waals surface area contributed by atoms with Crippen molar-refractivity contribution in [2.75, 3.05) is 37.5 Å². The van der Waals surface area contributed by atoms with Crippen molar-refractivity contribution in [2.45, 2.75) is 11.8 Å². The van der Waals surface area contributed by atoms with Gasteiger partial charge in [-0.1, -0.05) is 0 Å².